The Hall–Kier alpha value is -3.34. The monoisotopic (exact) mass is 330 g/mol. The maximum absolute atomic E-state index is 5.86. The first-order valence-electron chi connectivity index (χ1n) is 8.01. The molecule has 2 aromatic carbocycles. The number of rotatable bonds is 2. The molecule has 5 heteroatoms. The van der Waals surface area contributed by atoms with Crippen molar-refractivity contribution in [3.8, 4) is 23.3 Å². The van der Waals surface area contributed by atoms with Gasteiger partial charge in [-0.3, -0.25) is 0 Å². The van der Waals surface area contributed by atoms with Gasteiger partial charge in [0.2, 0.25) is 0 Å². The van der Waals surface area contributed by atoms with Crippen LogP contribution in [0.1, 0.15) is 11.1 Å². The molecule has 0 saturated carbocycles. The Morgan fingerprint density at radius 1 is 0.600 bits per heavy atom. The summed E-state index contributed by atoms with van der Waals surface area (Å²) < 4.78 is 17.4. The van der Waals surface area contributed by atoms with Crippen molar-refractivity contribution in [2.75, 3.05) is 0 Å². The lowest BCUT2D eigenvalue weighted by atomic mass is 10.2. The van der Waals surface area contributed by atoms with Gasteiger partial charge in [0.15, 0.2) is 22.7 Å². The normalized spacial score (nSPS) is 11.6. The van der Waals surface area contributed by atoms with E-state index in [4.69, 9.17) is 13.3 Å². The van der Waals surface area contributed by atoms with Crippen molar-refractivity contribution in [1.29, 1.82) is 0 Å². The van der Waals surface area contributed by atoms with Crippen molar-refractivity contribution in [2.45, 2.75) is 13.8 Å². The van der Waals surface area contributed by atoms with Crippen LogP contribution >= 0.6 is 0 Å². The highest BCUT2D eigenvalue weighted by molar-refractivity contribution is 5.77. The molecule has 0 bridgehead atoms. The van der Waals surface area contributed by atoms with Gasteiger partial charge in [-0.2, -0.15) is 0 Å². The summed E-state index contributed by atoms with van der Waals surface area (Å²) in [5, 5.41) is 0. The third-order valence-electron chi connectivity index (χ3n) is 4.11. The van der Waals surface area contributed by atoms with Gasteiger partial charge in [-0.1, -0.05) is 12.1 Å². The highest BCUT2D eigenvalue weighted by atomic mass is 16.4. The summed E-state index contributed by atoms with van der Waals surface area (Å²) in [6.45, 7) is 4.04. The quantitative estimate of drug-likeness (QED) is 0.427. The summed E-state index contributed by atoms with van der Waals surface area (Å²) in [7, 11) is 0. The highest BCUT2D eigenvalue weighted by Gasteiger charge is 2.16. The van der Waals surface area contributed by atoms with Gasteiger partial charge in [0, 0.05) is 0 Å². The van der Waals surface area contributed by atoms with Crippen LogP contribution in [0.5, 0.6) is 0 Å². The largest absolute Gasteiger partial charge is 0.446 e. The van der Waals surface area contributed by atoms with Crippen LogP contribution in [0.4, 0.5) is 0 Å². The Labute approximate surface area is 142 Å². The zero-order valence-corrected chi connectivity index (χ0v) is 13.7. The Kier molecular flexibility index (Phi) is 2.85. The molecule has 3 heterocycles. The average molecular weight is 330 g/mol. The van der Waals surface area contributed by atoms with E-state index in [9.17, 15) is 0 Å². The van der Waals surface area contributed by atoms with Crippen molar-refractivity contribution in [1.82, 2.24) is 9.97 Å². The molecule has 0 aliphatic rings. The Morgan fingerprint density at radius 3 is 1.56 bits per heavy atom. The summed E-state index contributed by atoms with van der Waals surface area (Å²) in [5.41, 5.74) is 5.35. The fourth-order valence-electron chi connectivity index (χ4n) is 2.85. The minimum absolute atomic E-state index is 0.443. The summed E-state index contributed by atoms with van der Waals surface area (Å²) in [6, 6.07) is 15.4. The number of hydrogen-bond donors (Lipinski definition) is 0. The summed E-state index contributed by atoms with van der Waals surface area (Å²) in [4.78, 5) is 8.99. The second kappa shape index (κ2) is 5.08. The summed E-state index contributed by atoms with van der Waals surface area (Å²) in [5.74, 6) is 1.97. The van der Waals surface area contributed by atoms with E-state index in [1.807, 2.05) is 62.4 Å². The molecule has 0 amide bonds. The van der Waals surface area contributed by atoms with Crippen molar-refractivity contribution in [2.24, 2.45) is 0 Å². The predicted octanol–water partition coefficient (Wildman–Crippen LogP) is 5.51. The molecule has 0 fully saturated rings. The second-order valence-electron chi connectivity index (χ2n) is 6.14. The van der Waals surface area contributed by atoms with Crippen LogP contribution < -0.4 is 0 Å². The molecule has 0 aliphatic heterocycles. The van der Waals surface area contributed by atoms with Gasteiger partial charge < -0.3 is 13.3 Å². The molecule has 5 aromatic rings. The van der Waals surface area contributed by atoms with Gasteiger partial charge in [-0.05, 0) is 61.4 Å². The van der Waals surface area contributed by atoms with Crippen LogP contribution in [0.2, 0.25) is 0 Å². The van der Waals surface area contributed by atoms with Gasteiger partial charge in [0.1, 0.15) is 11.0 Å². The van der Waals surface area contributed by atoms with Crippen LogP contribution in [0.3, 0.4) is 0 Å². The predicted molar refractivity (Wildman–Crippen MR) is 94.2 cm³/mol. The molecule has 122 valence electrons. The Balaban J connectivity index is 1.56. The number of oxazole rings is 2. The first kappa shape index (κ1) is 14.0. The van der Waals surface area contributed by atoms with Crippen LogP contribution in [0.25, 0.3) is 45.5 Å². The molecule has 0 atom stereocenters. The van der Waals surface area contributed by atoms with E-state index >= 15 is 0 Å². The minimum Gasteiger partial charge on any atom is -0.446 e. The van der Waals surface area contributed by atoms with Crippen molar-refractivity contribution < 1.29 is 13.3 Å². The topological polar surface area (TPSA) is 65.2 Å². The highest BCUT2D eigenvalue weighted by Crippen LogP contribution is 2.31. The van der Waals surface area contributed by atoms with E-state index in [1.54, 1.807) is 0 Å². The van der Waals surface area contributed by atoms with Crippen LogP contribution in [0, 0.1) is 13.8 Å². The molecule has 0 saturated heterocycles. The van der Waals surface area contributed by atoms with E-state index in [1.165, 1.54) is 0 Å². The molecular weight excluding hydrogens is 316 g/mol. The standard InChI is InChI=1S/C20H14N2O3/c1-11-3-5-15-13(9-11)21-19(24-15)17-7-8-18(23-17)20-22-14-10-12(2)4-6-16(14)25-20/h3-10H,1-2H3. The lowest BCUT2D eigenvalue weighted by Gasteiger charge is -1.89. The first-order chi connectivity index (χ1) is 12.2. The summed E-state index contributed by atoms with van der Waals surface area (Å²) >= 11 is 0. The average Bonchev–Trinajstić information content (AvgIpc) is 3.30. The minimum atomic E-state index is 0.443. The van der Waals surface area contributed by atoms with Gasteiger partial charge >= 0.3 is 0 Å². The Bertz CT molecular complexity index is 1130. The van der Waals surface area contributed by atoms with E-state index in [0.717, 1.165) is 33.3 Å². The van der Waals surface area contributed by atoms with Gasteiger partial charge in [-0.15, -0.1) is 0 Å². The lowest BCUT2D eigenvalue weighted by molar-refractivity contribution is 0.519. The Morgan fingerprint density at radius 2 is 1.08 bits per heavy atom. The molecule has 0 spiro atoms. The number of fused-ring (bicyclic) bond motifs is 2. The van der Waals surface area contributed by atoms with Crippen molar-refractivity contribution in [3.63, 3.8) is 0 Å². The van der Waals surface area contributed by atoms with Crippen LogP contribution in [-0.2, 0) is 0 Å². The van der Waals surface area contributed by atoms with Gasteiger partial charge in [-0.25, -0.2) is 9.97 Å². The van der Waals surface area contributed by atoms with E-state index in [-0.39, 0.29) is 0 Å². The molecule has 0 aliphatic carbocycles. The van der Waals surface area contributed by atoms with Crippen LogP contribution in [0.15, 0.2) is 61.8 Å². The smallest absolute Gasteiger partial charge is 0.263 e. The molecule has 25 heavy (non-hydrogen) atoms. The van der Waals surface area contributed by atoms with Crippen LogP contribution in [-0.4, -0.2) is 9.97 Å². The molecule has 0 radical (unpaired) electrons. The van der Waals surface area contributed by atoms with E-state index < -0.39 is 0 Å². The molecule has 0 N–H and O–H groups in total. The molecular formula is C20H14N2O3. The SMILES string of the molecule is Cc1ccc2oc(-c3ccc(-c4nc5cc(C)ccc5o4)o3)nc2c1. The van der Waals surface area contributed by atoms with Gasteiger partial charge in [0.05, 0.1) is 0 Å². The first-order valence-corrected chi connectivity index (χ1v) is 8.01. The number of benzene rings is 2. The maximum Gasteiger partial charge on any atom is 0.263 e. The fourth-order valence-corrected chi connectivity index (χ4v) is 2.85. The molecule has 5 rings (SSSR count). The van der Waals surface area contributed by atoms with Gasteiger partial charge in [0.25, 0.3) is 11.8 Å². The second-order valence-corrected chi connectivity index (χ2v) is 6.14. The zero-order chi connectivity index (χ0) is 17.0. The summed E-state index contributed by atoms with van der Waals surface area (Å²) in [6.07, 6.45) is 0. The lowest BCUT2D eigenvalue weighted by Crippen LogP contribution is -1.74. The number of hydrogen-bond acceptors (Lipinski definition) is 5. The molecule has 3 aromatic heterocycles. The van der Waals surface area contributed by atoms with E-state index in [2.05, 4.69) is 9.97 Å². The number of aromatic nitrogens is 2. The third kappa shape index (κ3) is 2.32. The van der Waals surface area contributed by atoms with E-state index in [0.29, 0.717) is 23.3 Å². The third-order valence-corrected chi connectivity index (χ3v) is 4.11. The number of aryl methyl sites for hydroxylation is 2. The number of nitrogens with zero attached hydrogens (tertiary/aromatic N) is 2. The number of furan rings is 1. The van der Waals surface area contributed by atoms with Crippen molar-refractivity contribution >= 4 is 22.2 Å². The molecule has 0 unspecified atom stereocenters. The zero-order valence-electron chi connectivity index (χ0n) is 13.7. The fraction of sp³-hybridized carbons (Fsp3) is 0.100. The molecule has 5 nitrogen and oxygen atoms in total. The van der Waals surface area contributed by atoms with Crippen molar-refractivity contribution in [3.05, 3.63) is 59.7 Å². The maximum atomic E-state index is 5.86.